The van der Waals surface area contributed by atoms with Gasteiger partial charge in [0.25, 0.3) is 0 Å². The third kappa shape index (κ3) is 6.29. The van der Waals surface area contributed by atoms with Gasteiger partial charge in [0.2, 0.25) is 0 Å². The van der Waals surface area contributed by atoms with E-state index in [9.17, 15) is 0 Å². The molecule has 0 aliphatic heterocycles. The molecule has 0 amide bonds. The lowest BCUT2D eigenvalue weighted by molar-refractivity contribution is 0.617. The van der Waals surface area contributed by atoms with E-state index in [1.807, 2.05) is 0 Å². The Kier molecular flexibility index (Phi) is 6.93. The van der Waals surface area contributed by atoms with Gasteiger partial charge in [0.1, 0.15) is 0 Å². The molecule has 0 heterocycles. The van der Waals surface area contributed by atoms with Crippen LogP contribution in [0.25, 0.3) is 0 Å². The van der Waals surface area contributed by atoms with E-state index in [2.05, 4.69) is 42.6 Å². The highest BCUT2D eigenvalue weighted by molar-refractivity contribution is 5.27. The van der Waals surface area contributed by atoms with Gasteiger partial charge in [0.15, 0.2) is 0 Å². The van der Waals surface area contributed by atoms with Crippen LogP contribution in [0.4, 0.5) is 0 Å². The van der Waals surface area contributed by atoms with Crippen LogP contribution in [-0.2, 0) is 0 Å². The van der Waals surface area contributed by atoms with Gasteiger partial charge in [-0.05, 0) is 25.0 Å². The fourth-order valence-electron chi connectivity index (χ4n) is 1.66. The van der Waals surface area contributed by atoms with E-state index < -0.39 is 0 Å². The summed E-state index contributed by atoms with van der Waals surface area (Å²) in [4.78, 5) is 0. The number of nitrogens with one attached hydrogen (secondary N) is 1. The number of hydrogen-bond donors (Lipinski definition) is 1. The standard InChI is InChI=1S/C14H23N/c1-2-3-4-9-12-15-13-14-10-7-5-6-8-11-14/h5-7,10-11,15H,2-4,8-9,12-13H2,1H3. The maximum Gasteiger partial charge on any atom is 0.0202 e. The van der Waals surface area contributed by atoms with Gasteiger partial charge >= 0.3 is 0 Å². The van der Waals surface area contributed by atoms with E-state index in [0.717, 1.165) is 19.5 Å². The van der Waals surface area contributed by atoms with Crippen LogP contribution in [0, 0.1) is 0 Å². The first-order chi connectivity index (χ1) is 7.43. The molecule has 1 heteroatoms. The van der Waals surface area contributed by atoms with Crippen LogP contribution >= 0.6 is 0 Å². The molecule has 15 heavy (non-hydrogen) atoms. The fraction of sp³-hybridized carbons (Fsp3) is 0.571. The van der Waals surface area contributed by atoms with Crippen molar-refractivity contribution in [2.24, 2.45) is 0 Å². The quantitative estimate of drug-likeness (QED) is 0.626. The Morgan fingerprint density at radius 3 is 3.00 bits per heavy atom. The lowest BCUT2D eigenvalue weighted by Gasteiger charge is -2.04. The molecule has 0 aromatic rings. The zero-order chi connectivity index (χ0) is 10.8. The van der Waals surface area contributed by atoms with Crippen molar-refractivity contribution in [1.29, 1.82) is 0 Å². The smallest absolute Gasteiger partial charge is 0.0202 e. The van der Waals surface area contributed by atoms with Crippen LogP contribution in [0.3, 0.4) is 0 Å². The predicted molar refractivity (Wildman–Crippen MR) is 68.0 cm³/mol. The lowest BCUT2D eigenvalue weighted by Crippen LogP contribution is -2.17. The summed E-state index contributed by atoms with van der Waals surface area (Å²) in [6.45, 7) is 4.42. The molecular formula is C14H23N. The second-order valence-corrected chi connectivity index (χ2v) is 4.04. The number of allylic oxidation sites excluding steroid dienone is 4. The summed E-state index contributed by atoms with van der Waals surface area (Å²) >= 11 is 0. The Morgan fingerprint density at radius 2 is 2.13 bits per heavy atom. The second-order valence-electron chi connectivity index (χ2n) is 4.04. The van der Waals surface area contributed by atoms with Crippen LogP contribution in [0.1, 0.15) is 39.0 Å². The van der Waals surface area contributed by atoms with Crippen molar-refractivity contribution >= 4 is 0 Å². The zero-order valence-corrected chi connectivity index (χ0v) is 9.84. The van der Waals surface area contributed by atoms with Gasteiger partial charge in [-0.3, -0.25) is 0 Å². The summed E-state index contributed by atoms with van der Waals surface area (Å²) in [5, 5.41) is 3.49. The zero-order valence-electron chi connectivity index (χ0n) is 9.84. The number of unbranched alkanes of at least 4 members (excludes halogenated alkanes) is 3. The molecule has 0 atom stereocenters. The monoisotopic (exact) mass is 205 g/mol. The van der Waals surface area contributed by atoms with Crippen LogP contribution in [0.15, 0.2) is 36.0 Å². The van der Waals surface area contributed by atoms with Crippen molar-refractivity contribution < 1.29 is 0 Å². The van der Waals surface area contributed by atoms with Gasteiger partial charge in [0, 0.05) is 6.54 Å². The molecule has 1 rings (SSSR count). The highest BCUT2D eigenvalue weighted by atomic mass is 14.8. The molecule has 0 unspecified atom stereocenters. The molecule has 0 saturated heterocycles. The maximum absolute atomic E-state index is 3.49. The molecular weight excluding hydrogens is 182 g/mol. The summed E-state index contributed by atoms with van der Waals surface area (Å²) < 4.78 is 0. The van der Waals surface area contributed by atoms with Crippen molar-refractivity contribution in [3.8, 4) is 0 Å². The van der Waals surface area contributed by atoms with Gasteiger partial charge < -0.3 is 5.32 Å². The van der Waals surface area contributed by atoms with E-state index in [1.54, 1.807) is 0 Å². The predicted octanol–water partition coefficient (Wildman–Crippen LogP) is 3.60. The molecule has 1 N–H and O–H groups in total. The highest BCUT2D eigenvalue weighted by Crippen LogP contribution is 2.04. The minimum Gasteiger partial charge on any atom is -0.313 e. The molecule has 0 fully saturated rings. The van der Waals surface area contributed by atoms with E-state index in [-0.39, 0.29) is 0 Å². The molecule has 0 aromatic carbocycles. The van der Waals surface area contributed by atoms with E-state index in [0.29, 0.717) is 0 Å². The van der Waals surface area contributed by atoms with Crippen molar-refractivity contribution in [1.82, 2.24) is 5.32 Å². The van der Waals surface area contributed by atoms with E-state index >= 15 is 0 Å². The lowest BCUT2D eigenvalue weighted by atomic mass is 10.2. The van der Waals surface area contributed by atoms with Crippen molar-refractivity contribution in [2.45, 2.75) is 39.0 Å². The minimum absolute atomic E-state index is 1.02. The molecule has 84 valence electrons. The summed E-state index contributed by atoms with van der Waals surface area (Å²) in [5.74, 6) is 0. The Balaban J connectivity index is 2.02. The number of rotatable bonds is 7. The SMILES string of the molecule is CCCCCCNCC1=CCC=CC=C1. The van der Waals surface area contributed by atoms with Gasteiger partial charge in [-0.2, -0.15) is 0 Å². The van der Waals surface area contributed by atoms with Crippen LogP contribution in [0.2, 0.25) is 0 Å². The fourth-order valence-corrected chi connectivity index (χ4v) is 1.66. The van der Waals surface area contributed by atoms with Crippen molar-refractivity contribution in [2.75, 3.05) is 13.1 Å². The highest BCUT2D eigenvalue weighted by Gasteiger charge is 1.93. The van der Waals surface area contributed by atoms with Crippen molar-refractivity contribution in [3.63, 3.8) is 0 Å². The second kappa shape index (κ2) is 8.49. The Bertz CT molecular complexity index is 236. The topological polar surface area (TPSA) is 12.0 Å². The van der Waals surface area contributed by atoms with E-state index in [4.69, 9.17) is 0 Å². The van der Waals surface area contributed by atoms with Crippen LogP contribution in [-0.4, -0.2) is 13.1 Å². The normalized spacial score (nSPS) is 15.1. The first kappa shape index (κ1) is 12.3. The molecule has 0 aromatic heterocycles. The van der Waals surface area contributed by atoms with Gasteiger partial charge in [0.05, 0.1) is 0 Å². The third-order valence-corrected chi connectivity index (χ3v) is 2.61. The summed E-state index contributed by atoms with van der Waals surface area (Å²) in [6.07, 6.45) is 17.3. The van der Waals surface area contributed by atoms with Crippen LogP contribution < -0.4 is 5.32 Å². The number of hydrogen-bond acceptors (Lipinski definition) is 1. The molecule has 1 aliphatic carbocycles. The molecule has 0 radical (unpaired) electrons. The minimum atomic E-state index is 1.02. The average molecular weight is 205 g/mol. The molecule has 1 aliphatic rings. The first-order valence-electron chi connectivity index (χ1n) is 6.16. The Labute approximate surface area is 94.0 Å². The first-order valence-corrected chi connectivity index (χ1v) is 6.16. The van der Waals surface area contributed by atoms with Crippen molar-refractivity contribution in [3.05, 3.63) is 36.0 Å². The molecule has 0 bridgehead atoms. The third-order valence-electron chi connectivity index (χ3n) is 2.61. The van der Waals surface area contributed by atoms with Gasteiger partial charge in [-0.1, -0.05) is 56.6 Å². The van der Waals surface area contributed by atoms with E-state index in [1.165, 1.54) is 31.3 Å². The largest absolute Gasteiger partial charge is 0.313 e. The maximum atomic E-state index is 3.49. The van der Waals surface area contributed by atoms with Crippen LogP contribution in [0.5, 0.6) is 0 Å². The average Bonchev–Trinajstić information content (AvgIpc) is 2.52. The Hall–Kier alpha value is -0.820. The molecule has 0 spiro atoms. The molecule has 1 nitrogen and oxygen atoms in total. The summed E-state index contributed by atoms with van der Waals surface area (Å²) in [6, 6.07) is 0. The van der Waals surface area contributed by atoms with Gasteiger partial charge in [-0.15, -0.1) is 0 Å². The molecule has 0 saturated carbocycles. The van der Waals surface area contributed by atoms with Gasteiger partial charge in [-0.25, -0.2) is 0 Å². The Morgan fingerprint density at radius 1 is 1.20 bits per heavy atom. The summed E-state index contributed by atoms with van der Waals surface area (Å²) in [5.41, 5.74) is 1.41. The summed E-state index contributed by atoms with van der Waals surface area (Å²) in [7, 11) is 0.